The van der Waals surface area contributed by atoms with Gasteiger partial charge in [0.1, 0.15) is 5.82 Å². The number of hydrogen-bond donors (Lipinski definition) is 1. The summed E-state index contributed by atoms with van der Waals surface area (Å²) in [6.45, 7) is 1.52. The topological polar surface area (TPSA) is 40.5 Å². The lowest BCUT2D eigenvalue weighted by atomic mass is 10.1. The molecule has 0 aromatic heterocycles. The van der Waals surface area contributed by atoms with E-state index < -0.39 is 5.97 Å². The minimum absolute atomic E-state index is 0.225. The SMILES string of the molecule is O=C(O)c1ccc(CN2CCc3ccc(F)cc32)cc1. The van der Waals surface area contributed by atoms with E-state index in [1.165, 1.54) is 6.07 Å². The molecule has 0 aliphatic carbocycles. The molecule has 20 heavy (non-hydrogen) atoms. The summed E-state index contributed by atoms with van der Waals surface area (Å²) in [5, 5.41) is 8.87. The number of hydrogen-bond acceptors (Lipinski definition) is 2. The van der Waals surface area contributed by atoms with Gasteiger partial charge in [0.2, 0.25) is 0 Å². The van der Waals surface area contributed by atoms with E-state index in [0.717, 1.165) is 29.8 Å². The Morgan fingerprint density at radius 1 is 1.20 bits per heavy atom. The van der Waals surface area contributed by atoms with Gasteiger partial charge in [0.25, 0.3) is 0 Å². The Hall–Kier alpha value is -2.36. The number of halogens is 1. The Kier molecular flexibility index (Phi) is 3.14. The van der Waals surface area contributed by atoms with Gasteiger partial charge in [-0.2, -0.15) is 0 Å². The van der Waals surface area contributed by atoms with Crippen molar-refractivity contribution in [3.8, 4) is 0 Å². The van der Waals surface area contributed by atoms with Crippen LogP contribution in [0.25, 0.3) is 0 Å². The molecule has 0 unspecified atom stereocenters. The van der Waals surface area contributed by atoms with Crippen molar-refractivity contribution >= 4 is 11.7 Å². The zero-order valence-electron chi connectivity index (χ0n) is 10.8. The summed E-state index contributed by atoms with van der Waals surface area (Å²) in [6, 6.07) is 11.7. The Labute approximate surface area is 116 Å². The minimum Gasteiger partial charge on any atom is -0.478 e. The number of carboxylic acid groups (broad SMARTS) is 1. The van der Waals surface area contributed by atoms with E-state index >= 15 is 0 Å². The van der Waals surface area contributed by atoms with Crippen molar-refractivity contribution in [1.29, 1.82) is 0 Å². The van der Waals surface area contributed by atoms with E-state index in [-0.39, 0.29) is 11.4 Å². The summed E-state index contributed by atoms with van der Waals surface area (Å²) in [6.07, 6.45) is 0.919. The maximum atomic E-state index is 13.3. The molecule has 1 heterocycles. The molecule has 1 aliphatic rings. The number of rotatable bonds is 3. The second kappa shape index (κ2) is 4.96. The summed E-state index contributed by atoms with van der Waals surface area (Å²) in [4.78, 5) is 12.9. The maximum absolute atomic E-state index is 13.3. The quantitative estimate of drug-likeness (QED) is 0.932. The first-order valence-corrected chi connectivity index (χ1v) is 6.49. The fourth-order valence-electron chi connectivity index (χ4n) is 2.56. The molecule has 0 radical (unpaired) electrons. The van der Waals surface area contributed by atoms with Gasteiger partial charge in [-0.1, -0.05) is 18.2 Å². The predicted octanol–water partition coefficient (Wildman–Crippen LogP) is 3.09. The Morgan fingerprint density at radius 2 is 1.95 bits per heavy atom. The van der Waals surface area contributed by atoms with Gasteiger partial charge in [-0.05, 0) is 41.8 Å². The number of carbonyl (C=O) groups is 1. The van der Waals surface area contributed by atoms with Crippen LogP contribution in [0.1, 0.15) is 21.5 Å². The first-order chi connectivity index (χ1) is 9.63. The molecule has 0 saturated carbocycles. The normalized spacial score (nSPS) is 13.3. The fourth-order valence-corrected chi connectivity index (χ4v) is 2.56. The molecule has 0 amide bonds. The van der Waals surface area contributed by atoms with E-state index in [2.05, 4.69) is 4.90 Å². The van der Waals surface area contributed by atoms with Crippen LogP contribution in [0, 0.1) is 5.82 Å². The monoisotopic (exact) mass is 271 g/mol. The molecular formula is C16H14FNO2. The summed E-state index contributed by atoms with van der Waals surface area (Å²) < 4.78 is 13.3. The highest BCUT2D eigenvalue weighted by Crippen LogP contribution is 2.29. The molecular weight excluding hydrogens is 257 g/mol. The van der Waals surface area contributed by atoms with Crippen LogP contribution < -0.4 is 4.90 Å². The Morgan fingerprint density at radius 3 is 2.65 bits per heavy atom. The van der Waals surface area contributed by atoms with Crippen molar-refractivity contribution in [1.82, 2.24) is 0 Å². The Balaban J connectivity index is 1.80. The van der Waals surface area contributed by atoms with E-state index in [9.17, 15) is 9.18 Å². The van der Waals surface area contributed by atoms with Gasteiger partial charge in [0.15, 0.2) is 0 Å². The highest BCUT2D eigenvalue weighted by molar-refractivity contribution is 5.87. The van der Waals surface area contributed by atoms with Crippen molar-refractivity contribution in [3.63, 3.8) is 0 Å². The Bertz CT molecular complexity index is 652. The predicted molar refractivity (Wildman–Crippen MR) is 74.6 cm³/mol. The summed E-state index contributed by atoms with van der Waals surface area (Å²) >= 11 is 0. The molecule has 3 nitrogen and oxygen atoms in total. The summed E-state index contributed by atoms with van der Waals surface area (Å²) in [5.74, 6) is -1.15. The molecule has 0 bridgehead atoms. The molecule has 1 N–H and O–H groups in total. The van der Waals surface area contributed by atoms with Crippen LogP contribution in [0.4, 0.5) is 10.1 Å². The average Bonchev–Trinajstić information content (AvgIpc) is 2.82. The zero-order chi connectivity index (χ0) is 14.1. The number of anilines is 1. The largest absolute Gasteiger partial charge is 0.478 e. The van der Waals surface area contributed by atoms with Crippen LogP contribution in [0.15, 0.2) is 42.5 Å². The third-order valence-electron chi connectivity index (χ3n) is 3.61. The molecule has 0 spiro atoms. The third kappa shape index (κ3) is 2.37. The van der Waals surface area contributed by atoms with Gasteiger partial charge in [-0.3, -0.25) is 0 Å². The second-order valence-electron chi connectivity index (χ2n) is 4.95. The van der Waals surface area contributed by atoms with Crippen molar-refractivity contribution < 1.29 is 14.3 Å². The molecule has 1 aliphatic heterocycles. The molecule has 0 saturated heterocycles. The molecule has 3 rings (SSSR count). The van der Waals surface area contributed by atoms with Crippen LogP contribution >= 0.6 is 0 Å². The fraction of sp³-hybridized carbons (Fsp3) is 0.188. The first-order valence-electron chi connectivity index (χ1n) is 6.49. The number of aromatic carboxylic acids is 1. The number of carboxylic acids is 1. The molecule has 0 atom stereocenters. The summed E-state index contributed by atoms with van der Waals surface area (Å²) in [5.41, 5.74) is 3.40. The summed E-state index contributed by atoms with van der Waals surface area (Å²) in [7, 11) is 0. The number of fused-ring (bicyclic) bond motifs is 1. The van der Waals surface area contributed by atoms with E-state index in [1.54, 1.807) is 30.3 Å². The van der Waals surface area contributed by atoms with Crippen LogP contribution in [-0.2, 0) is 13.0 Å². The van der Waals surface area contributed by atoms with Gasteiger partial charge in [-0.15, -0.1) is 0 Å². The van der Waals surface area contributed by atoms with Crippen LogP contribution in [0.5, 0.6) is 0 Å². The van der Waals surface area contributed by atoms with E-state index in [4.69, 9.17) is 5.11 Å². The maximum Gasteiger partial charge on any atom is 0.335 e. The first kappa shape index (κ1) is 12.7. The lowest BCUT2D eigenvalue weighted by Gasteiger charge is -2.19. The van der Waals surface area contributed by atoms with Crippen molar-refractivity contribution in [3.05, 3.63) is 65.0 Å². The van der Waals surface area contributed by atoms with Crippen LogP contribution in [0.3, 0.4) is 0 Å². The van der Waals surface area contributed by atoms with Gasteiger partial charge in [0.05, 0.1) is 5.56 Å². The van der Waals surface area contributed by atoms with Crippen molar-refractivity contribution in [2.24, 2.45) is 0 Å². The van der Waals surface area contributed by atoms with E-state index in [0.29, 0.717) is 6.54 Å². The van der Waals surface area contributed by atoms with Gasteiger partial charge >= 0.3 is 5.97 Å². The number of benzene rings is 2. The highest BCUT2D eigenvalue weighted by Gasteiger charge is 2.19. The minimum atomic E-state index is -0.926. The smallest absolute Gasteiger partial charge is 0.335 e. The van der Waals surface area contributed by atoms with E-state index in [1.807, 2.05) is 6.07 Å². The van der Waals surface area contributed by atoms with Gasteiger partial charge < -0.3 is 10.0 Å². The average molecular weight is 271 g/mol. The number of nitrogens with zero attached hydrogens (tertiary/aromatic N) is 1. The van der Waals surface area contributed by atoms with Crippen LogP contribution in [-0.4, -0.2) is 17.6 Å². The molecule has 102 valence electrons. The molecule has 2 aromatic rings. The standard InChI is InChI=1S/C16H14FNO2/c17-14-6-5-12-7-8-18(15(12)9-14)10-11-1-3-13(4-2-11)16(19)20/h1-6,9H,7-8,10H2,(H,19,20). The van der Waals surface area contributed by atoms with Crippen LogP contribution in [0.2, 0.25) is 0 Å². The van der Waals surface area contributed by atoms with Gasteiger partial charge in [-0.25, -0.2) is 9.18 Å². The lowest BCUT2D eigenvalue weighted by molar-refractivity contribution is 0.0697. The highest BCUT2D eigenvalue weighted by atomic mass is 19.1. The lowest BCUT2D eigenvalue weighted by Crippen LogP contribution is -2.19. The molecule has 2 aromatic carbocycles. The van der Waals surface area contributed by atoms with Crippen molar-refractivity contribution in [2.45, 2.75) is 13.0 Å². The third-order valence-corrected chi connectivity index (χ3v) is 3.61. The van der Waals surface area contributed by atoms with Gasteiger partial charge in [0, 0.05) is 18.8 Å². The molecule has 0 fully saturated rings. The van der Waals surface area contributed by atoms with Crippen molar-refractivity contribution in [2.75, 3.05) is 11.4 Å². The second-order valence-corrected chi connectivity index (χ2v) is 4.95. The zero-order valence-corrected chi connectivity index (χ0v) is 10.8. The molecule has 4 heteroatoms.